The Balaban J connectivity index is 2.22. The van der Waals surface area contributed by atoms with Gasteiger partial charge in [-0.2, -0.15) is 0 Å². The van der Waals surface area contributed by atoms with Gasteiger partial charge in [-0.1, -0.05) is 6.07 Å². The van der Waals surface area contributed by atoms with Crippen LogP contribution in [0.2, 0.25) is 0 Å². The van der Waals surface area contributed by atoms with Gasteiger partial charge >= 0.3 is 0 Å². The number of rotatable bonds is 3. The highest BCUT2D eigenvalue weighted by atomic mass is 127. The lowest BCUT2D eigenvalue weighted by molar-refractivity contribution is 0.479. The van der Waals surface area contributed by atoms with E-state index in [0.29, 0.717) is 0 Å². The van der Waals surface area contributed by atoms with E-state index in [2.05, 4.69) is 38.5 Å². The summed E-state index contributed by atoms with van der Waals surface area (Å²) < 4.78 is 7.91. The van der Waals surface area contributed by atoms with E-state index in [1.54, 1.807) is 0 Å². The zero-order chi connectivity index (χ0) is 13.1. The molecule has 0 radical (unpaired) electrons. The van der Waals surface area contributed by atoms with Crippen molar-refractivity contribution in [3.05, 3.63) is 56.1 Å². The van der Waals surface area contributed by atoms with Crippen LogP contribution >= 0.6 is 38.5 Å². The number of hydrogen-bond acceptors (Lipinski definition) is 2. The molecule has 0 saturated carbocycles. The van der Waals surface area contributed by atoms with Crippen molar-refractivity contribution in [3.8, 4) is 11.5 Å². The summed E-state index contributed by atoms with van der Waals surface area (Å²) in [5, 5.41) is 0. The van der Waals surface area contributed by atoms with Crippen molar-refractivity contribution in [1.29, 1.82) is 0 Å². The number of hydrogen-bond donors (Lipinski definition) is 1. The largest absolute Gasteiger partial charge is 0.456 e. The minimum Gasteiger partial charge on any atom is -0.456 e. The summed E-state index contributed by atoms with van der Waals surface area (Å²) in [6, 6.07) is 13.9. The maximum atomic E-state index is 5.84. The van der Waals surface area contributed by atoms with E-state index in [0.717, 1.165) is 21.5 Å². The molecule has 0 aliphatic rings. The first-order valence-electron chi connectivity index (χ1n) is 5.54. The van der Waals surface area contributed by atoms with Gasteiger partial charge in [-0.15, -0.1) is 0 Å². The summed E-state index contributed by atoms with van der Waals surface area (Å²) in [6.07, 6.45) is 0. The molecule has 0 heterocycles. The van der Waals surface area contributed by atoms with E-state index >= 15 is 0 Å². The fourth-order valence-corrected chi connectivity index (χ4v) is 2.35. The molecular formula is C14H13BrINO. The van der Waals surface area contributed by atoms with Gasteiger partial charge in [0.2, 0.25) is 0 Å². The summed E-state index contributed by atoms with van der Waals surface area (Å²) in [5.74, 6) is 1.62. The molecule has 2 aromatic rings. The van der Waals surface area contributed by atoms with Crippen LogP contribution < -0.4 is 10.5 Å². The van der Waals surface area contributed by atoms with E-state index in [1.807, 2.05) is 49.4 Å². The maximum Gasteiger partial charge on any atom is 0.141 e. The van der Waals surface area contributed by atoms with Gasteiger partial charge < -0.3 is 10.5 Å². The van der Waals surface area contributed by atoms with Gasteiger partial charge in [0.25, 0.3) is 0 Å². The average molecular weight is 418 g/mol. The van der Waals surface area contributed by atoms with Crippen LogP contribution in [0.4, 0.5) is 0 Å². The Bertz CT molecular complexity index is 540. The van der Waals surface area contributed by atoms with Gasteiger partial charge in [0.05, 0.1) is 4.47 Å². The third kappa shape index (κ3) is 3.46. The predicted molar refractivity (Wildman–Crippen MR) is 86.0 cm³/mol. The molecule has 4 heteroatoms. The monoisotopic (exact) mass is 417 g/mol. The summed E-state index contributed by atoms with van der Waals surface area (Å²) in [4.78, 5) is 0. The molecule has 0 fully saturated rings. The van der Waals surface area contributed by atoms with E-state index in [-0.39, 0.29) is 6.04 Å². The quantitative estimate of drug-likeness (QED) is 0.723. The number of nitrogens with two attached hydrogens (primary N) is 1. The number of halogens is 2. The van der Waals surface area contributed by atoms with E-state index in [1.165, 1.54) is 3.57 Å². The van der Waals surface area contributed by atoms with Crippen molar-refractivity contribution in [2.45, 2.75) is 13.0 Å². The van der Waals surface area contributed by atoms with Crippen LogP contribution in [0.15, 0.2) is 46.9 Å². The summed E-state index contributed by atoms with van der Waals surface area (Å²) >= 11 is 5.77. The summed E-state index contributed by atoms with van der Waals surface area (Å²) in [7, 11) is 0. The number of ether oxygens (including phenoxy) is 1. The first-order chi connectivity index (χ1) is 8.56. The van der Waals surface area contributed by atoms with Crippen molar-refractivity contribution in [2.75, 3.05) is 0 Å². The molecule has 18 heavy (non-hydrogen) atoms. The molecule has 2 rings (SSSR count). The van der Waals surface area contributed by atoms with Gasteiger partial charge in [0.15, 0.2) is 0 Å². The summed E-state index contributed by atoms with van der Waals surface area (Å²) in [5.41, 5.74) is 6.92. The Morgan fingerprint density at radius 2 is 1.83 bits per heavy atom. The molecule has 2 nitrogen and oxygen atoms in total. The SMILES string of the molecule is CC(N)c1ccc(Oc2ccc(I)cc2)c(Br)c1. The lowest BCUT2D eigenvalue weighted by Gasteiger charge is -2.11. The Labute approximate surface area is 129 Å². The second-order valence-corrected chi connectivity index (χ2v) is 6.13. The minimum atomic E-state index is 0.0219. The maximum absolute atomic E-state index is 5.84. The molecule has 0 aliphatic carbocycles. The fraction of sp³-hybridized carbons (Fsp3) is 0.143. The van der Waals surface area contributed by atoms with Crippen molar-refractivity contribution >= 4 is 38.5 Å². The first kappa shape index (κ1) is 13.8. The van der Waals surface area contributed by atoms with Crippen LogP contribution in [0.3, 0.4) is 0 Å². The van der Waals surface area contributed by atoms with Crippen molar-refractivity contribution in [1.82, 2.24) is 0 Å². The van der Waals surface area contributed by atoms with Crippen LogP contribution in [-0.4, -0.2) is 0 Å². The molecule has 1 unspecified atom stereocenters. The van der Waals surface area contributed by atoms with Crippen LogP contribution in [0.1, 0.15) is 18.5 Å². The van der Waals surface area contributed by atoms with Crippen LogP contribution in [0.5, 0.6) is 11.5 Å². The Morgan fingerprint density at radius 3 is 2.39 bits per heavy atom. The first-order valence-corrected chi connectivity index (χ1v) is 7.42. The van der Waals surface area contributed by atoms with Crippen molar-refractivity contribution in [2.24, 2.45) is 5.73 Å². The normalized spacial score (nSPS) is 12.2. The van der Waals surface area contributed by atoms with Crippen LogP contribution in [-0.2, 0) is 0 Å². The third-order valence-electron chi connectivity index (χ3n) is 2.52. The molecule has 2 N–H and O–H groups in total. The molecule has 0 bridgehead atoms. The third-order valence-corrected chi connectivity index (χ3v) is 3.86. The second kappa shape index (κ2) is 6.04. The van der Waals surface area contributed by atoms with Gasteiger partial charge in [-0.25, -0.2) is 0 Å². The molecular weight excluding hydrogens is 405 g/mol. The molecule has 2 aromatic carbocycles. The van der Waals surface area contributed by atoms with E-state index < -0.39 is 0 Å². The van der Waals surface area contributed by atoms with Crippen molar-refractivity contribution < 1.29 is 4.74 Å². The van der Waals surface area contributed by atoms with Crippen molar-refractivity contribution in [3.63, 3.8) is 0 Å². The Morgan fingerprint density at radius 1 is 1.17 bits per heavy atom. The zero-order valence-corrected chi connectivity index (χ0v) is 13.6. The molecule has 0 amide bonds. The summed E-state index contributed by atoms with van der Waals surface area (Å²) in [6.45, 7) is 1.96. The average Bonchev–Trinajstić information content (AvgIpc) is 2.34. The highest BCUT2D eigenvalue weighted by molar-refractivity contribution is 14.1. The lowest BCUT2D eigenvalue weighted by Crippen LogP contribution is -2.04. The number of benzene rings is 2. The molecule has 0 saturated heterocycles. The molecule has 0 aliphatic heterocycles. The highest BCUT2D eigenvalue weighted by Crippen LogP contribution is 2.31. The topological polar surface area (TPSA) is 35.2 Å². The van der Waals surface area contributed by atoms with Gasteiger partial charge in [-0.05, 0) is 87.4 Å². The van der Waals surface area contributed by atoms with Gasteiger partial charge in [0.1, 0.15) is 11.5 Å². The van der Waals surface area contributed by atoms with Gasteiger partial charge in [0, 0.05) is 9.61 Å². The molecule has 0 spiro atoms. The van der Waals surface area contributed by atoms with E-state index in [4.69, 9.17) is 10.5 Å². The standard InChI is InChI=1S/C14H13BrINO/c1-9(17)10-2-7-14(13(15)8-10)18-12-5-3-11(16)4-6-12/h2-9H,17H2,1H3. The molecule has 1 atom stereocenters. The molecule has 94 valence electrons. The molecule has 0 aromatic heterocycles. The smallest absolute Gasteiger partial charge is 0.141 e. The van der Waals surface area contributed by atoms with Crippen LogP contribution in [0.25, 0.3) is 0 Å². The lowest BCUT2D eigenvalue weighted by atomic mass is 10.1. The van der Waals surface area contributed by atoms with E-state index in [9.17, 15) is 0 Å². The minimum absolute atomic E-state index is 0.0219. The fourth-order valence-electron chi connectivity index (χ4n) is 1.51. The zero-order valence-electron chi connectivity index (χ0n) is 9.86. The second-order valence-electron chi connectivity index (χ2n) is 4.03. The predicted octanol–water partition coefficient (Wildman–Crippen LogP) is 4.87. The van der Waals surface area contributed by atoms with Crippen LogP contribution in [0, 0.1) is 3.57 Å². The van der Waals surface area contributed by atoms with Gasteiger partial charge in [-0.3, -0.25) is 0 Å². The Hall–Kier alpha value is -0.590. The highest BCUT2D eigenvalue weighted by Gasteiger charge is 2.06. The Kier molecular flexibility index (Phi) is 4.64.